The third kappa shape index (κ3) is 4.66. The zero-order valence-corrected chi connectivity index (χ0v) is 17.9. The number of thiazole rings is 1. The number of hydrogen-bond donors (Lipinski definition) is 0. The molecule has 1 amide bonds. The van der Waals surface area contributed by atoms with Crippen LogP contribution in [0, 0.1) is 0 Å². The fourth-order valence-electron chi connectivity index (χ4n) is 3.00. The molecule has 0 fully saturated rings. The number of carbonyl (C=O) groups excluding carboxylic acids is 1. The number of anilines is 1. The Morgan fingerprint density at radius 3 is 2.62 bits per heavy atom. The second kappa shape index (κ2) is 8.76. The van der Waals surface area contributed by atoms with E-state index in [0.29, 0.717) is 22.5 Å². The summed E-state index contributed by atoms with van der Waals surface area (Å²) >= 11 is 3.29. The van der Waals surface area contributed by atoms with Crippen molar-refractivity contribution in [2.24, 2.45) is 0 Å². The van der Waals surface area contributed by atoms with Crippen LogP contribution >= 0.6 is 23.1 Å². The molecule has 2 aromatic carbocycles. The highest BCUT2D eigenvalue weighted by Gasteiger charge is 2.22. The molecule has 6 heteroatoms. The summed E-state index contributed by atoms with van der Waals surface area (Å²) in [6, 6.07) is 19.7. The number of rotatable bonds is 6. The van der Waals surface area contributed by atoms with Gasteiger partial charge in [0.05, 0.1) is 16.8 Å². The molecule has 2 aromatic heterocycles. The fraction of sp³-hybridized carbons (Fsp3) is 0.174. The van der Waals surface area contributed by atoms with E-state index < -0.39 is 0 Å². The van der Waals surface area contributed by atoms with E-state index in [-0.39, 0.29) is 5.91 Å². The Kier molecular flexibility index (Phi) is 5.92. The molecule has 0 saturated heterocycles. The van der Waals surface area contributed by atoms with Crippen LogP contribution in [-0.4, -0.2) is 21.1 Å². The molecule has 0 saturated carbocycles. The predicted octanol–water partition coefficient (Wildman–Crippen LogP) is 6.04. The van der Waals surface area contributed by atoms with Crippen molar-refractivity contribution in [1.82, 2.24) is 9.97 Å². The van der Waals surface area contributed by atoms with Crippen molar-refractivity contribution in [3.05, 3.63) is 84.2 Å². The first-order valence-corrected chi connectivity index (χ1v) is 11.1. The van der Waals surface area contributed by atoms with Gasteiger partial charge in [0, 0.05) is 28.1 Å². The average Bonchev–Trinajstić information content (AvgIpc) is 3.16. The molecule has 4 aromatic rings. The first kappa shape index (κ1) is 19.6. The third-order valence-electron chi connectivity index (χ3n) is 4.30. The molecule has 0 atom stereocenters. The lowest BCUT2D eigenvalue weighted by Crippen LogP contribution is -2.30. The molecule has 0 radical (unpaired) electrons. The van der Waals surface area contributed by atoms with Crippen LogP contribution in [0.15, 0.2) is 78.0 Å². The predicted molar refractivity (Wildman–Crippen MR) is 122 cm³/mol. The van der Waals surface area contributed by atoms with Crippen molar-refractivity contribution < 1.29 is 4.79 Å². The second-order valence-electron chi connectivity index (χ2n) is 6.91. The molecule has 0 N–H and O–H groups in total. The number of amides is 1. The zero-order valence-electron chi connectivity index (χ0n) is 16.3. The molecule has 0 spiro atoms. The van der Waals surface area contributed by atoms with E-state index in [1.54, 1.807) is 29.1 Å². The molecule has 0 aliphatic heterocycles. The van der Waals surface area contributed by atoms with Gasteiger partial charge in [0.15, 0.2) is 5.13 Å². The number of pyridine rings is 1. The van der Waals surface area contributed by atoms with Gasteiger partial charge in [-0.2, -0.15) is 0 Å². The summed E-state index contributed by atoms with van der Waals surface area (Å²) in [6.45, 7) is 4.74. The van der Waals surface area contributed by atoms with E-state index in [2.05, 4.69) is 18.8 Å². The lowest BCUT2D eigenvalue weighted by molar-refractivity contribution is 0.0985. The molecule has 0 unspecified atom stereocenters. The maximum absolute atomic E-state index is 13.5. The Labute approximate surface area is 178 Å². The molecule has 4 nitrogen and oxygen atoms in total. The lowest BCUT2D eigenvalue weighted by atomic mass is 10.2. The highest BCUT2D eigenvalue weighted by molar-refractivity contribution is 7.99. The van der Waals surface area contributed by atoms with Gasteiger partial charge >= 0.3 is 0 Å². The first-order valence-electron chi connectivity index (χ1n) is 9.43. The van der Waals surface area contributed by atoms with Crippen molar-refractivity contribution in [1.29, 1.82) is 0 Å². The van der Waals surface area contributed by atoms with Crippen LogP contribution in [0.2, 0.25) is 0 Å². The Morgan fingerprint density at radius 1 is 1.07 bits per heavy atom. The summed E-state index contributed by atoms with van der Waals surface area (Å²) in [5.74, 6) is -0.0490. The molecule has 4 rings (SSSR count). The zero-order chi connectivity index (χ0) is 20.2. The summed E-state index contributed by atoms with van der Waals surface area (Å²) in [5.41, 5.74) is 2.59. The fourth-order valence-corrected chi connectivity index (χ4v) is 4.86. The molecular formula is C23H21N3OS2. The van der Waals surface area contributed by atoms with Gasteiger partial charge in [-0.15, -0.1) is 11.8 Å². The number of aromatic nitrogens is 2. The van der Waals surface area contributed by atoms with E-state index in [1.807, 2.05) is 60.7 Å². The van der Waals surface area contributed by atoms with Crippen LogP contribution in [0.3, 0.4) is 0 Å². The molecule has 2 heterocycles. The highest BCUT2D eigenvalue weighted by Crippen LogP contribution is 2.31. The van der Waals surface area contributed by atoms with Gasteiger partial charge in [0.2, 0.25) is 0 Å². The topological polar surface area (TPSA) is 46.1 Å². The van der Waals surface area contributed by atoms with E-state index in [9.17, 15) is 4.79 Å². The van der Waals surface area contributed by atoms with Gasteiger partial charge in [-0.1, -0.05) is 43.4 Å². The van der Waals surface area contributed by atoms with Crippen molar-refractivity contribution in [2.45, 2.75) is 30.5 Å². The molecule has 29 heavy (non-hydrogen) atoms. The number of thioether (sulfide) groups is 1. The summed E-state index contributed by atoms with van der Waals surface area (Å²) in [7, 11) is 0. The Balaban J connectivity index is 1.72. The number of benzene rings is 2. The van der Waals surface area contributed by atoms with Gasteiger partial charge in [0.1, 0.15) is 0 Å². The normalized spacial score (nSPS) is 11.1. The first-order chi connectivity index (χ1) is 14.1. The quantitative estimate of drug-likeness (QED) is 0.358. The number of carbonyl (C=O) groups is 1. The average molecular weight is 420 g/mol. The van der Waals surface area contributed by atoms with Crippen LogP contribution in [0.25, 0.3) is 10.2 Å². The maximum atomic E-state index is 13.5. The van der Waals surface area contributed by atoms with Crippen LogP contribution in [-0.2, 0) is 6.54 Å². The SMILES string of the molecule is CC(C)Sc1cccc(C(=O)N(Cc2ccncc2)c2nc3ccccc3s2)c1. The third-order valence-corrected chi connectivity index (χ3v) is 6.36. The van der Waals surface area contributed by atoms with Gasteiger partial charge in [-0.25, -0.2) is 4.98 Å². The molecule has 146 valence electrons. The molecular weight excluding hydrogens is 398 g/mol. The minimum atomic E-state index is -0.0490. The minimum Gasteiger partial charge on any atom is -0.279 e. The maximum Gasteiger partial charge on any atom is 0.260 e. The van der Waals surface area contributed by atoms with Gasteiger partial charge < -0.3 is 0 Å². The van der Waals surface area contributed by atoms with Crippen molar-refractivity contribution in [2.75, 3.05) is 4.90 Å². The Morgan fingerprint density at radius 2 is 1.86 bits per heavy atom. The van der Waals surface area contributed by atoms with Crippen molar-refractivity contribution in [3.8, 4) is 0 Å². The van der Waals surface area contributed by atoms with E-state index in [4.69, 9.17) is 4.98 Å². The van der Waals surface area contributed by atoms with Crippen LogP contribution in [0.1, 0.15) is 29.8 Å². The van der Waals surface area contributed by atoms with E-state index >= 15 is 0 Å². The molecule has 0 bridgehead atoms. The largest absolute Gasteiger partial charge is 0.279 e. The Bertz CT molecular complexity index is 1090. The standard InChI is InChI=1S/C23H21N3OS2/c1-16(2)28-19-7-5-6-18(14-19)22(27)26(15-17-10-12-24-13-11-17)23-25-20-8-3-4-9-21(20)29-23/h3-14,16H,15H2,1-2H3. The monoisotopic (exact) mass is 419 g/mol. The van der Waals surface area contributed by atoms with Crippen molar-refractivity contribution in [3.63, 3.8) is 0 Å². The molecule has 0 aliphatic carbocycles. The van der Waals surface area contributed by atoms with E-state index in [1.165, 1.54) is 11.3 Å². The van der Waals surface area contributed by atoms with E-state index in [0.717, 1.165) is 20.7 Å². The number of hydrogen-bond acceptors (Lipinski definition) is 5. The molecule has 0 aliphatic rings. The number of fused-ring (bicyclic) bond motifs is 1. The minimum absolute atomic E-state index is 0.0490. The van der Waals surface area contributed by atoms with Crippen LogP contribution < -0.4 is 4.90 Å². The smallest absolute Gasteiger partial charge is 0.260 e. The highest BCUT2D eigenvalue weighted by atomic mass is 32.2. The summed E-state index contributed by atoms with van der Waals surface area (Å²) < 4.78 is 1.07. The van der Waals surface area contributed by atoms with Gasteiger partial charge in [0.25, 0.3) is 5.91 Å². The summed E-state index contributed by atoms with van der Waals surface area (Å²) in [6.07, 6.45) is 3.49. The number of para-hydroxylation sites is 1. The second-order valence-corrected chi connectivity index (χ2v) is 9.56. The number of nitrogens with zero attached hydrogens (tertiary/aromatic N) is 3. The van der Waals surface area contributed by atoms with Crippen LogP contribution in [0.4, 0.5) is 5.13 Å². The van der Waals surface area contributed by atoms with Gasteiger partial charge in [-0.3, -0.25) is 14.7 Å². The van der Waals surface area contributed by atoms with Crippen LogP contribution in [0.5, 0.6) is 0 Å². The van der Waals surface area contributed by atoms with Gasteiger partial charge in [-0.05, 0) is 48.0 Å². The lowest BCUT2D eigenvalue weighted by Gasteiger charge is -2.20. The summed E-state index contributed by atoms with van der Waals surface area (Å²) in [4.78, 5) is 25.2. The summed E-state index contributed by atoms with van der Waals surface area (Å²) in [5, 5.41) is 1.16. The van der Waals surface area contributed by atoms with Crippen molar-refractivity contribution >= 4 is 44.4 Å². The Hall–Kier alpha value is -2.70.